The summed E-state index contributed by atoms with van der Waals surface area (Å²) in [5.74, 6) is 0. The van der Waals surface area contributed by atoms with Gasteiger partial charge in [-0.1, -0.05) is 26.7 Å². The predicted octanol–water partition coefficient (Wildman–Crippen LogP) is 5.21. The molecule has 0 bridgehead atoms. The van der Waals surface area contributed by atoms with Crippen LogP contribution in [0.25, 0.3) is 0 Å². The van der Waals surface area contributed by atoms with E-state index in [0.717, 1.165) is 51.6 Å². The lowest BCUT2D eigenvalue weighted by atomic mass is 10.1. The molecule has 0 N–H and O–H groups in total. The molecule has 3 nitrogen and oxygen atoms in total. The number of alkyl halides is 1. The molecule has 0 unspecified atom stereocenters. The fourth-order valence-corrected chi connectivity index (χ4v) is 2.09. The van der Waals surface area contributed by atoms with E-state index in [1.165, 1.54) is 0 Å². The first-order valence-corrected chi connectivity index (χ1v) is 8.35. The molecule has 0 fully saturated rings. The fraction of sp³-hybridized carbons (Fsp3) is 0.938. The van der Waals surface area contributed by atoms with Crippen molar-refractivity contribution in [2.24, 2.45) is 0 Å². The van der Waals surface area contributed by atoms with Crippen LogP contribution in [0.2, 0.25) is 0 Å². The van der Waals surface area contributed by atoms with E-state index in [1.807, 2.05) is 25.7 Å². The molecule has 0 aromatic carbocycles. The Morgan fingerprint density at radius 2 is 1.80 bits per heavy atom. The van der Waals surface area contributed by atoms with Crippen LogP contribution in [-0.2, 0) is 4.74 Å². The quantitative estimate of drug-likeness (QED) is 0.432. The average molecular weight is 306 g/mol. The number of amides is 1. The highest BCUT2D eigenvalue weighted by atomic mass is 35.5. The summed E-state index contributed by atoms with van der Waals surface area (Å²) in [6.45, 7) is 11.4. The Bertz CT molecular complexity index is 264. The zero-order valence-corrected chi connectivity index (χ0v) is 14.6. The summed E-state index contributed by atoms with van der Waals surface area (Å²) in [6, 6.07) is 0. The molecule has 0 aliphatic rings. The fourth-order valence-electron chi connectivity index (χ4n) is 1.94. The molecule has 0 heterocycles. The van der Waals surface area contributed by atoms with Crippen LogP contribution in [0.5, 0.6) is 0 Å². The van der Waals surface area contributed by atoms with Crippen molar-refractivity contribution in [3.8, 4) is 0 Å². The molecule has 0 aromatic rings. The third kappa shape index (κ3) is 10.4. The van der Waals surface area contributed by atoms with Gasteiger partial charge in [-0.05, 0) is 46.5 Å². The Morgan fingerprint density at radius 3 is 2.30 bits per heavy atom. The first-order valence-electron chi connectivity index (χ1n) is 7.92. The molecule has 120 valence electrons. The van der Waals surface area contributed by atoms with Gasteiger partial charge >= 0.3 is 6.09 Å². The van der Waals surface area contributed by atoms with Crippen LogP contribution in [0.4, 0.5) is 4.79 Å². The van der Waals surface area contributed by atoms with Crippen molar-refractivity contribution < 1.29 is 9.53 Å². The Labute approximate surface area is 130 Å². The highest BCUT2D eigenvalue weighted by molar-refractivity contribution is 6.20. The van der Waals surface area contributed by atoms with Crippen LogP contribution in [0.3, 0.4) is 0 Å². The van der Waals surface area contributed by atoms with Crippen molar-refractivity contribution in [1.82, 2.24) is 4.90 Å². The third-order valence-electron chi connectivity index (χ3n) is 3.03. The number of halogens is 1. The zero-order valence-electron chi connectivity index (χ0n) is 13.9. The lowest BCUT2D eigenvalue weighted by Crippen LogP contribution is -2.37. The molecule has 0 saturated carbocycles. The van der Waals surface area contributed by atoms with Gasteiger partial charge in [0.2, 0.25) is 0 Å². The molecule has 0 saturated heterocycles. The number of nitrogens with zero attached hydrogens (tertiary/aromatic N) is 1. The van der Waals surface area contributed by atoms with Crippen LogP contribution < -0.4 is 0 Å². The van der Waals surface area contributed by atoms with E-state index in [2.05, 4.69) is 13.8 Å². The van der Waals surface area contributed by atoms with Crippen LogP contribution in [0.15, 0.2) is 0 Å². The van der Waals surface area contributed by atoms with Gasteiger partial charge in [0.15, 0.2) is 0 Å². The average Bonchev–Trinajstić information content (AvgIpc) is 2.34. The SMILES string of the molecule is CCCN(CCCCC[C@H](Cl)CC)C(=O)OC(C)(C)C. The maximum absolute atomic E-state index is 12.0. The van der Waals surface area contributed by atoms with Gasteiger partial charge in [-0.15, -0.1) is 11.6 Å². The third-order valence-corrected chi connectivity index (χ3v) is 3.56. The Kier molecular flexibility index (Phi) is 10.1. The molecule has 4 heteroatoms. The minimum atomic E-state index is -0.421. The van der Waals surface area contributed by atoms with E-state index < -0.39 is 5.60 Å². The number of carbonyl (C=O) groups is 1. The monoisotopic (exact) mass is 305 g/mol. The first kappa shape index (κ1) is 19.6. The van der Waals surface area contributed by atoms with Crippen molar-refractivity contribution in [3.05, 3.63) is 0 Å². The molecule has 0 aliphatic heterocycles. The molecule has 0 aromatic heterocycles. The van der Waals surface area contributed by atoms with Crippen LogP contribution in [0, 0.1) is 0 Å². The first-order chi connectivity index (χ1) is 9.30. The van der Waals surface area contributed by atoms with Crippen molar-refractivity contribution in [2.75, 3.05) is 13.1 Å². The van der Waals surface area contributed by atoms with Gasteiger partial charge in [0.1, 0.15) is 5.60 Å². The van der Waals surface area contributed by atoms with E-state index in [9.17, 15) is 4.79 Å². The van der Waals surface area contributed by atoms with Crippen LogP contribution in [0.1, 0.15) is 73.1 Å². The second-order valence-corrected chi connectivity index (χ2v) is 6.94. The Hall–Kier alpha value is -0.440. The summed E-state index contributed by atoms with van der Waals surface area (Å²) < 4.78 is 5.43. The molecular formula is C16H32ClNO2. The van der Waals surface area contributed by atoms with Gasteiger partial charge in [0.05, 0.1) is 0 Å². The largest absolute Gasteiger partial charge is 0.444 e. The zero-order chi connectivity index (χ0) is 15.6. The van der Waals surface area contributed by atoms with Crippen LogP contribution >= 0.6 is 11.6 Å². The molecule has 20 heavy (non-hydrogen) atoms. The summed E-state index contributed by atoms with van der Waals surface area (Å²) in [7, 11) is 0. The second-order valence-electron chi connectivity index (χ2n) is 6.32. The molecule has 0 spiro atoms. The van der Waals surface area contributed by atoms with Gasteiger partial charge in [-0.2, -0.15) is 0 Å². The number of carbonyl (C=O) groups excluding carboxylic acids is 1. The van der Waals surface area contributed by atoms with E-state index in [4.69, 9.17) is 16.3 Å². The van der Waals surface area contributed by atoms with Gasteiger partial charge < -0.3 is 9.64 Å². The van der Waals surface area contributed by atoms with E-state index in [1.54, 1.807) is 0 Å². The van der Waals surface area contributed by atoms with Crippen molar-refractivity contribution in [3.63, 3.8) is 0 Å². The summed E-state index contributed by atoms with van der Waals surface area (Å²) in [5, 5.41) is 0.299. The highest BCUT2D eigenvalue weighted by Gasteiger charge is 2.21. The molecule has 1 amide bonds. The maximum atomic E-state index is 12.0. The van der Waals surface area contributed by atoms with Crippen molar-refractivity contribution in [1.29, 1.82) is 0 Å². The number of ether oxygens (including phenoxy) is 1. The molecule has 0 radical (unpaired) electrons. The smallest absolute Gasteiger partial charge is 0.410 e. The van der Waals surface area contributed by atoms with Gasteiger partial charge in [0, 0.05) is 18.5 Å². The summed E-state index contributed by atoms with van der Waals surface area (Å²) in [4.78, 5) is 13.9. The standard InChI is InChI=1S/C16H32ClNO2/c1-6-12-18(15(19)20-16(3,4)5)13-10-8-9-11-14(17)7-2/h14H,6-13H2,1-5H3/t14-/m1/s1. The number of hydrogen-bond acceptors (Lipinski definition) is 2. The minimum absolute atomic E-state index is 0.192. The predicted molar refractivity (Wildman–Crippen MR) is 86.5 cm³/mol. The van der Waals surface area contributed by atoms with E-state index >= 15 is 0 Å². The molecule has 1 atom stereocenters. The lowest BCUT2D eigenvalue weighted by Gasteiger charge is -2.27. The molecule has 0 aliphatic carbocycles. The number of hydrogen-bond donors (Lipinski definition) is 0. The van der Waals surface area contributed by atoms with Gasteiger partial charge in [-0.3, -0.25) is 0 Å². The van der Waals surface area contributed by atoms with Crippen molar-refractivity contribution >= 4 is 17.7 Å². The van der Waals surface area contributed by atoms with Gasteiger partial charge in [-0.25, -0.2) is 4.79 Å². The summed E-state index contributed by atoms with van der Waals surface area (Å²) in [6.07, 6.45) is 6.14. The highest BCUT2D eigenvalue weighted by Crippen LogP contribution is 2.14. The second kappa shape index (κ2) is 10.3. The Morgan fingerprint density at radius 1 is 1.15 bits per heavy atom. The van der Waals surface area contributed by atoms with E-state index in [-0.39, 0.29) is 6.09 Å². The maximum Gasteiger partial charge on any atom is 0.410 e. The minimum Gasteiger partial charge on any atom is -0.444 e. The van der Waals surface area contributed by atoms with Gasteiger partial charge in [0.25, 0.3) is 0 Å². The van der Waals surface area contributed by atoms with E-state index in [0.29, 0.717) is 5.38 Å². The topological polar surface area (TPSA) is 29.5 Å². The molecular weight excluding hydrogens is 274 g/mol. The Balaban J connectivity index is 3.99. The molecule has 0 rings (SSSR count). The van der Waals surface area contributed by atoms with Crippen LogP contribution in [-0.4, -0.2) is 35.1 Å². The van der Waals surface area contributed by atoms with Crippen molar-refractivity contribution in [2.45, 2.75) is 84.1 Å². The summed E-state index contributed by atoms with van der Waals surface area (Å²) >= 11 is 6.10. The number of rotatable bonds is 9. The normalized spacial score (nSPS) is 13.1. The lowest BCUT2D eigenvalue weighted by molar-refractivity contribution is 0.0246. The number of unbranched alkanes of at least 4 members (excludes halogenated alkanes) is 2. The summed E-state index contributed by atoms with van der Waals surface area (Å²) in [5.41, 5.74) is -0.421.